The summed E-state index contributed by atoms with van der Waals surface area (Å²) in [7, 11) is 0. The Balaban J connectivity index is 2.14. The Morgan fingerprint density at radius 1 is 1.48 bits per heavy atom. The Morgan fingerprint density at radius 2 is 2.19 bits per heavy atom. The second kappa shape index (κ2) is 5.61. The van der Waals surface area contributed by atoms with Gasteiger partial charge in [-0.1, -0.05) is 17.3 Å². The van der Waals surface area contributed by atoms with Gasteiger partial charge in [0.05, 0.1) is 5.54 Å². The number of aromatic nitrogens is 2. The molecule has 1 aromatic carbocycles. The molecule has 3 N–H and O–H groups in total. The highest BCUT2D eigenvalue weighted by atomic mass is 19.1. The second-order valence-corrected chi connectivity index (χ2v) is 5.38. The van der Waals surface area contributed by atoms with Crippen molar-refractivity contribution in [2.75, 3.05) is 0 Å². The van der Waals surface area contributed by atoms with Gasteiger partial charge < -0.3 is 15.6 Å². The average Bonchev–Trinajstić information content (AvgIpc) is 2.87. The monoisotopic (exact) mass is 292 g/mol. The number of rotatable bonds is 4. The van der Waals surface area contributed by atoms with E-state index in [-0.39, 0.29) is 23.4 Å². The van der Waals surface area contributed by atoms with Gasteiger partial charge in [0, 0.05) is 5.56 Å². The first-order chi connectivity index (χ1) is 9.77. The number of nitrogens with one attached hydrogen (secondary N) is 1. The van der Waals surface area contributed by atoms with Crippen LogP contribution in [0.15, 0.2) is 28.8 Å². The molecule has 0 fully saturated rings. The minimum absolute atomic E-state index is 0.229. The maximum atomic E-state index is 13.2. The lowest BCUT2D eigenvalue weighted by atomic mass is 10.1. The fourth-order valence-corrected chi connectivity index (χ4v) is 1.60. The van der Waals surface area contributed by atoms with E-state index in [1.165, 1.54) is 12.1 Å². The maximum absolute atomic E-state index is 13.2. The van der Waals surface area contributed by atoms with Gasteiger partial charge in [0.1, 0.15) is 11.9 Å². The lowest BCUT2D eigenvalue weighted by molar-refractivity contribution is -0.126. The molecular weight excluding hydrogens is 275 g/mol. The Labute approximate surface area is 121 Å². The zero-order valence-electron chi connectivity index (χ0n) is 12.1. The van der Waals surface area contributed by atoms with Crippen LogP contribution in [0.5, 0.6) is 0 Å². The number of carbonyl (C=O) groups is 1. The van der Waals surface area contributed by atoms with Crippen molar-refractivity contribution in [1.82, 2.24) is 15.5 Å². The molecule has 1 unspecified atom stereocenters. The molecule has 0 radical (unpaired) electrons. The first-order valence-corrected chi connectivity index (χ1v) is 6.47. The van der Waals surface area contributed by atoms with Gasteiger partial charge in [-0.05, 0) is 32.9 Å². The summed E-state index contributed by atoms with van der Waals surface area (Å²) in [6.07, 6.45) is 0. The molecule has 21 heavy (non-hydrogen) atoms. The summed E-state index contributed by atoms with van der Waals surface area (Å²) in [6, 6.07) is 5.37. The summed E-state index contributed by atoms with van der Waals surface area (Å²) in [5.74, 6) is -0.227. The summed E-state index contributed by atoms with van der Waals surface area (Å²) in [5, 5.41) is 6.46. The van der Waals surface area contributed by atoms with Crippen LogP contribution in [0.1, 0.15) is 32.7 Å². The van der Waals surface area contributed by atoms with Crippen LogP contribution in [0, 0.1) is 5.82 Å². The Kier molecular flexibility index (Phi) is 4.04. The Bertz CT molecular complexity index is 648. The third kappa shape index (κ3) is 3.63. The number of hydrogen-bond acceptors (Lipinski definition) is 5. The van der Waals surface area contributed by atoms with Gasteiger partial charge >= 0.3 is 0 Å². The van der Waals surface area contributed by atoms with Gasteiger partial charge in [0.25, 0.3) is 0 Å². The molecule has 0 aliphatic rings. The first kappa shape index (κ1) is 15.1. The Hall–Kier alpha value is -2.28. The molecule has 0 bridgehead atoms. The van der Waals surface area contributed by atoms with Crippen molar-refractivity contribution in [2.45, 2.75) is 32.4 Å². The van der Waals surface area contributed by atoms with Gasteiger partial charge in [0.15, 0.2) is 0 Å². The predicted octanol–water partition coefficient (Wildman–Crippen LogP) is 1.79. The van der Waals surface area contributed by atoms with Crippen LogP contribution in [0.3, 0.4) is 0 Å². The van der Waals surface area contributed by atoms with Crippen molar-refractivity contribution in [2.24, 2.45) is 5.73 Å². The van der Waals surface area contributed by atoms with Gasteiger partial charge in [-0.2, -0.15) is 4.98 Å². The van der Waals surface area contributed by atoms with Crippen molar-refractivity contribution in [1.29, 1.82) is 0 Å². The van der Waals surface area contributed by atoms with Crippen LogP contribution in [0.2, 0.25) is 0 Å². The molecule has 0 aliphatic carbocycles. The van der Waals surface area contributed by atoms with Crippen LogP contribution in [0.25, 0.3) is 11.4 Å². The zero-order valence-corrected chi connectivity index (χ0v) is 12.1. The van der Waals surface area contributed by atoms with E-state index in [9.17, 15) is 9.18 Å². The number of benzene rings is 1. The van der Waals surface area contributed by atoms with E-state index in [0.717, 1.165) is 0 Å². The molecule has 0 saturated heterocycles. The molecule has 0 spiro atoms. The molecule has 1 aromatic heterocycles. The standard InChI is InChI=1S/C14H17FN4O2/c1-8(17-13(20)14(2,3)16)12-18-11(19-21-12)9-5-4-6-10(15)7-9/h4-8H,16H2,1-3H3,(H,17,20). The van der Waals surface area contributed by atoms with Crippen molar-refractivity contribution < 1.29 is 13.7 Å². The SMILES string of the molecule is CC(NC(=O)C(C)(C)N)c1nc(-c2cccc(F)c2)no1. The van der Waals surface area contributed by atoms with E-state index in [0.29, 0.717) is 5.56 Å². The number of nitrogens with zero attached hydrogens (tertiary/aromatic N) is 2. The lowest BCUT2D eigenvalue weighted by Crippen LogP contribution is -2.49. The van der Waals surface area contributed by atoms with Crippen LogP contribution in [-0.2, 0) is 4.79 Å². The van der Waals surface area contributed by atoms with Crippen molar-refractivity contribution in [3.05, 3.63) is 36.0 Å². The van der Waals surface area contributed by atoms with E-state index >= 15 is 0 Å². The van der Waals surface area contributed by atoms with Crippen LogP contribution in [-0.4, -0.2) is 21.6 Å². The van der Waals surface area contributed by atoms with E-state index in [1.807, 2.05) is 0 Å². The van der Waals surface area contributed by atoms with Crippen molar-refractivity contribution >= 4 is 5.91 Å². The molecule has 2 aromatic rings. The molecule has 1 atom stereocenters. The number of halogens is 1. The van der Waals surface area contributed by atoms with E-state index in [2.05, 4.69) is 15.5 Å². The van der Waals surface area contributed by atoms with Crippen LogP contribution < -0.4 is 11.1 Å². The molecule has 2 rings (SSSR count). The van der Waals surface area contributed by atoms with E-state index < -0.39 is 11.6 Å². The largest absolute Gasteiger partial charge is 0.343 e. The van der Waals surface area contributed by atoms with Gasteiger partial charge in [0.2, 0.25) is 17.6 Å². The second-order valence-electron chi connectivity index (χ2n) is 5.38. The highest BCUT2D eigenvalue weighted by Crippen LogP contribution is 2.19. The molecule has 0 saturated carbocycles. The number of hydrogen-bond donors (Lipinski definition) is 2. The fourth-order valence-electron chi connectivity index (χ4n) is 1.60. The molecule has 7 heteroatoms. The van der Waals surface area contributed by atoms with Crippen LogP contribution >= 0.6 is 0 Å². The van der Waals surface area contributed by atoms with Crippen LogP contribution in [0.4, 0.5) is 4.39 Å². The molecule has 112 valence electrons. The zero-order chi connectivity index (χ0) is 15.6. The predicted molar refractivity (Wildman–Crippen MR) is 74.5 cm³/mol. The van der Waals surface area contributed by atoms with Crippen molar-refractivity contribution in [3.8, 4) is 11.4 Å². The molecular formula is C14H17FN4O2. The first-order valence-electron chi connectivity index (χ1n) is 6.47. The lowest BCUT2D eigenvalue weighted by Gasteiger charge is -2.19. The minimum Gasteiger partial charge on any atom is -0.343 e. The summed E-state index contributed by atoms with van der Waals surface area (Å²) in [6.45, 7) is 4.90. The summed E-state index contributed by atoms with van der Waals surface area (Å²) < 4.78 is 18.3. The number of amides is 1. The molecule has 1 amide bonds. The average molecular weight is 292 g/mol. The van der Waals surface area contributed by atoms with Gasteiger partial charge in [-0.25, -0.2) is 4.39 Å². The smallest absolute Gasteiger partial charge is 0.249 e. The molecule has 6 nitrogen and oxygen atoms in total. The number of nitrogens with two attached hydrogens (primary N) is 1. The highest BCUT2D eigenvalue weighted by Gasteiger charge is 2.25. The minimum atomic E-state index is -1.00. The van der Waals surface area contributed by atoms with Crippen molar-refractivity contribution in [3.63, 3.8) is 0 Å². The summed E-state index contributed by atoms with van der Waals surface area (Å²) in [4.78, 5) is 16.0. The summed E-state index contributed by atoms with van der Waals surface area (Å²) in [5.41, 5.74) is 5.20. The normalized spacial score (nSPS) is 13.0. The third-order valence-electron chi connectivity index (χ3n) is 2.83. The summed E-state index contributed by atoms with van der Waals surface area (Å²) >= 11 is 0. The molecule has 1 heterocycles. The fraction of sp³-hybridized carbons (Fsp3) is 0.357. The van der Waals surface area contributed by atoms with E-state index in [4.69, 9.17) is 10.3 Å². The molecule has 0 aliphatic heterocycles. The van der Waals surface area contributed by atoms with Gasteiger partial charge in [-0.15, -0.1) is 0 Å². The third-order valence-corrected chi connectivity index (χ3v) is 2.83. The maximum Gasteiger partial charge on any atom is 0.249 e. The topological polar surface area (TPSA) is 94.0 Å². The van der Waals surface area contributed by atoms with E-state index in [1.54, 1.807) is 32.9 Å². The number of carbonyl (C=O) groups excluding carboxylic acids is 1. The highest BCUT2D eigenvalue weighted by molar-refractivity contribution is 5.85. The van der Waals surface area contributed by atoms with Gasteiger partial charge in [-0.3, -0.25) is 4.79 Å². The Morgan fingerprint density at radius 3 is 2.81 bits per heavy atom. The quantitative estimate of drug-likeness (QED) is 0.896.